The summed E-state index contributed by atoms with van der Waals surface area (Å²) in [4.78, 5) is 11.9. The van der Waals surface area contributed by atoms with Gasteiger partial charge in [-0.3, -0.25) is 0 Å². The van der Waals surface area contributed by atoms with Gasteiger partial charge in [-0.05, 0) is 23.6 Å². The molecule has 2 aromatic carbocycles. The molecule has 0 fully saturated rings. The normalized spacial score (nSPS) is 14.0. The van der Waals surface area contributed by atoms with E-state index in [0.29, 0.717) is 0 Å². The first-order valence-electron chi connectivity index (χ1n) is 7.89. The van der Waals surface area contributed by atoms with Gasteiger partial charge in [-0.2, -0.15) is 0 Å². The number of benzene rings is 2. The smallest absolute Gasteiger partial charge is 0.333 e. The zero-order valence-electron chi connectivity index (χ0n) is 13.8. The van der Waals surface area contributed by atoms with Crippen LogP contribution >= 0.6 is 0 Å². The third-order valence-electron chi connectivity index (χ3n) is 3.91. The van der Waals surface area contributed by atoms with E-state index >= 15 is 0 Å². The van der Waals surface area contributed by atoms with Crippen molar-refractivity contribution in [3.63, 3.8) is 0 Å². The lowest BCUT2D eigenvalue weighted by Crippen LogP contribution is -2.32. The Balaban J connectivity index is 2.32. The molecule has 0 aliphatic carbocycles. The van der Waals surface area contributed by atoms with Gasteiger partial charge in [0.15, 0.2) is 6.10 Å². The maximum Gasteiger partial charge on any atom is 0.333 e. The minimum atomic E-state index is -0.989. The van der Waals surface area contributed by atoms with E-state index < -0.39 is 18.0 Å². The molecular formula is C21H22O3. The number of carboxylic acids is 1. The molecule has 2 rings (SSSR count). The standard InChI is InChI=1S/C21H22O3/c1-3-17(4-2)19(18-13-9-6-10-14-18)20(21(22)23)24-15-16-11-7-5-8-12-16/h3-14,19-20H,1,15H2,2H3,(H,22,23). The fourth-order valence-corrected chi connectivity index (χ4v) is 2.70. The van der Waals surface area contributed by atoms with Crippen molar-refractivity contribution < 1.29 is 14.6 Å². The average molecular weight is 322 g/mol. The van der Waals surface area contributed by atoms with Gasteiger partial charge in [0.05, 0.1) is 6.61 Å². The number of allylic oxidation sites excluding steroid dienone is 2. The summed E-state index contributed by atoms with van der Waals surface area (Å²) in [7, 11) is 0. The maximum atomic E-state index is 11.9. The van der Waals surface area contributed by atoms with Gasteiger partial charge in [0.2, 0.25) is 0 Å². The summed E-state index contributed by atoms with van der Waals surface area (Å²) in [5.74, 6) is -1.39. The van der Waals surface area contributed by atoms with Crippen molar-refractivity contribution in [3.8, 4) is 0 Å². The number of hydrogen-bond acceptors (Lipinski definition) is 2. The molecule has 0 spiro atoms. The summed E-state index contributed by atoms with van der Waals surface area (Å²) in [5.41, 5.74) is 2.67. The molecule has 1 N–H and O–H groups in total. The Morgan fingerprint density at radius 2 is 1.71 bits per heavy atom. The first-order chi connectivity index (χ1) is 11.7. The van der Waals surface area contributed by atoms with Crippen LogP contribution in [0.15, 0.2) is 85.0 Å². The highest BCUT2D eigenvalue weighted by Gasteiger charge is 2.32. The van der Waals surface area contributed by atoms with E-state index in [1.807, 2.05) is 73.7 Å². The predicted octanol–water partition coefficient (Wildman–Crippen LogP) is 4.57. The zero-order valence-corrected chi connectivity index (χ0v) is 13.8. The van der Waals surface area contributed by atoms with Crippen LogP contribution in [0.1, 0.15) is 24.0 Å². The largest absolute Gasteiger partial charge is 0.479 e. The molecule has 0 amide bonds. The van der Waals surface area contributed by atoms with Crippen molar-refractivity contribution >= 4 is 5.97 Å². The quantitative estimate of drug-likeness (QED) is 0.724. The van der Waals surface area contributed by atoms with Gasteiger partial charge in [0.25, 0.3) is 0 Å². The molecule has 0 heterocycles. The van der Waals surface area contributed by atoms with Crippen molar-refractivity contribution in [2.24, 2.45) is 0 Å². The Hall–Kier alpha value is -2.65. The van der Waals surface area contributed by atoms with E-state index in [1.165, 1.54) is 0 Å². The molecule has 2 unspecified atom stereocenters. The molecule has 3 heteroatoms. The SMILES string of the molecule is C=CC(=CC)C(c1ccccc1)C(OCc1ccccc1)C(=O)O. The molecule has 0 saturated carbocycles. The van der Waals surface area contributed by atoms with Crippen molar-refractivity contribution in [3.05, 3.63) is 96.1 Å². The first-order valence-corrected chi connectivity index (χ1v) is 7.89. The topological polar surface area (TPSA) is 46.5 Å². The molecule has 3 nitrogen and oxygen atoms in total. The summed E-state index contributed by atoms with van der Waals surface area (Å²) in [6.07, 6.45) is 2.59. The van der Waals surface area contributed by atoms with Gasteiger partial charge in [0, 0.05) is 5.92 Å². The number of rotatable bonds is 8. The van der Waals surface area contributed by atoms with E-state index in [1.54, 1.807) is 6.08 Å². The van der Waals surface area contributed by atoms with Gasteiger partial charge in [-0.25, -0.2) is 4.79 Å². The second kappa shape index (κ2) is 8.85. The van der Waals surface area contributed by atoms with Crippen molar-refractivity contribution in [1.82, 2.24) is 0 Å². The molecule has 0 radical (unpaired) electrons. The molecular weight excluding hydrogens is 300 g/mol. The lowest BCUT2D eigenvalue weighted by molar-refractivity contribution is -0.152. The predicted molar refractivity (Wildman–Crippen MR) is 95.8 cm³/mol. The third kappa shape index (κ3) is 4.43. The van der Waals surface area contributed by atoms with Gasteiger partial charge < -0.3 is 9.84 Å². The number of carbonyl (C=O) groups is 1. The fraction of sp³-hybridized carbons (Fsp3) is 0.190. The van der Waals surface area contributed by atoms with E-state index in [4.69, 9.17) is 4.74 Å². The lowest BCUT2D eigenvalue weighted by Gasteiger charge is -2.26. The molecule has 0 aliphatic heterocycles. The molecule has 2 aromatic rings. The summed E-state index contributed by atoms with van der Waals surface area (Å²) in [6, 6.07) is 19.1. The van der Waals surface area contributed by atoms with Crippen LogP contribution in [0.3, 0.4) is 0 Å². The highest BCUT2D eigenvalue weighted by atomic mass is 16.5. The third-order valence-corrected chi connectivity index (χ3v) is 3.91. The molecule has 0 saturated heterocycles. The van der Waals surface area contributed by atoms with Crippen LogP contribution in [0.4, 0.5) is 0 Å². The molecule has 0 bridgehead atoms. The molecule has 0 aromatic heterocycles. The van der Waals surface area contributed by atoms with Crippen LogP contribution in [0.25, 0.3) is 0 Å². The minimum absolute atomic E-state index is 0.245. The van der Waals surface area contributed by atoms with Crippen LogP contribution in [-0.2, 0) is 16.1 Å². The second-order valence-electron chi connectivity index (χ2n) is 5.44. The van der Waals surface area contributed by atoms with Crippen molar-refractivity contribution in [2.45, 2.75) is 25.6 Å². The number of aliphatic carboxylic acids is 1. The minimum Gasteiger partial charge on any atom is -0.479 e. The lowest BCUT2D eigenvalue weighted by atomic mass is 9.86. The Kier molecular flexibility index (Phi) is 6.52. The monoisotopic (exact) mass is 322 g/mol. The van der Waals surface area contributed by atoms with Crippen LogP contribution in [0, 0.1) is 0 Å². The fourth-order valence-electron chi connectivity index (χ4n) is 2.70. The molecule has 0 aliphatic rings. The van der Waals surface area contributed by atoms with E-state index in [0.717, 1.165) is 16.7 Å². The molecule has 124 valence electrons. The van der Waals surface area contributed by atoms with E-state index in [-0.39, 0.29) is 6.61 Å². The highest BCUT2D eigenvalue weighted by molar-refractivity contribution is 5.75. The number of ether oxygens (including phenoxy) is 1. The van der Waals surface area contributed by atoms with Crippen molar-refractivity contribution in [2.75, 3.05) is 0 Å². The summed E-state index contributed by atoms with van der Waals surface area (Å²) >= 11 is 0. The Labute approximate surface area is 142 Å². The van der Waals surface area contributed by atoms with Crippen molar-refractivity contribution in [1.29, 1.82) is 0 Å². The average Bonchev–Trinajstić information content (AvgIpc) is 2.62. The zero-order chi connectivity index (χ0) is 17.4. The van der Waals surface area contributed by atoms with Crippen LogP contribution < -0.4 is 0 Å². The number of hydrogen-bond donors (Lipinski definition) is 1. The van der Waals surface area contributed by atoms with Gasteiger partial charge in [0.1, 0.15) is 0 Å². The molecule has 2 atom stereocenters. The Morgan fingerprint density at radius 3 is 2.21 bits per heavy atom. The van der Waals surface area contributed by atoms with Crippen LogP contribution in [-0.4, -0.2) is 17.2 Å². The van der Waals surface area contributed by atoms with Crippen LogP contribution in [0.2, 0.25) is 0 Å². The highest BCUT2D eigenvalue weighted by Crippen LogP contribution is 2.31. The second-order valence-corrected chi connectivity index (χ2v) is 5.44. The number of carboxylic acid groups (broad SMARTS) is 1. The Morgan fingerprint density at radius 1 is 1.12 bits per heavy atom. The molecule has 24 heavy (non-hydrogen) atoms. The van der Waals surface area contributed by atoms with E-state index in [9.17, 15) is 9.90 Å². The summed E-state index contributed by atoms with van der Waals surface area (Å²) in [5, 5.41) is 9.74. The van der Waals surface area contributed by atoms with Gasteiger partial charge in [-0.1, -0.05) is 79.4 Å². The van der Waals surface area contributed by atoms with Gasteiger partial charge in [-0.15, -0.1) is 0 Å². The van der Waals surface area contributed by atoms with E-state index in [2.05, 4.69) is 6.58 Å². The summed E-state index contributed by atoms with van der Waals surface area (Å²) in [6.45, 7) is 5.94. The Bertz CT molecular complexity index is 690. The maximum absolute atomic E-state index is 11.9. The summed E-state index contributed by atoms with van der Waals surface area (Å²) < 4.78 is 5.80. The van der Waals surface area contributed by atoms with Gasteiger partial charge >= 0.3 is 5.97 Å². The first kappa shape index (κ1) is 17.7. The van der Waals surface area contributed by atoms with Crippen LogP contribution in [0.5, 0.6) is 0 Å².